The van der Waals surface area contributed by atoms with Crippen molar-refractivity contribution >= 4 is 27.8 Å². The summed E-state index contributed by atoms with van der Waals surface area (Å²) in [5.74, 6) is 2.35. The molecule has 0 spiro atoms. The van der Waals surface area contributed by atoms with Gasteiger partial charge in [0.2, 0.25) is 0 Å². The lowest BCUT2D eigenvalue weighted by Crippen LogP contribution is -2.37. The maximum absolute atomic E-state index is 6.11. The van der Waals surface area contributed by atoms with Crippen molar-refractivity contribution in [1.82, 2.24) is 4.98 Å². The van der Waals surface area contributed by atoms with Crippen molar-refractivity contribution in [1.29, 1.82) is 0 Å². The van der Waals surface area contributed by atoms with Crippen molar-refractivity contribution in [2.45, 2.75) is 18.9 Å². The first-order chi connectivity index (χ1) is 12.6. The van der Waals surface area contributed by atoms with Gasteiger partial charge in [-0.1, -0.05) is 36.0 Å². The maximum atomic E-state index is 6.11. The second-order valence-electron chi connectivity index (χ2n) is 7.20. The Labute approximate surface area is 156 Å². The highest BCUT2D eigenvalue weighted by Gasteiger charge is 2.42. The molecule has 0 amide bonds. The lowest BCUT2D eigenvalue weighted by molar-refractivity contribution is 0.271. The van der Waals surface area contributed by atoms with Crippen LogP contribution in [0.1, 0.15) is 18.9 Å². The summed E-state index contributed by atoms with van der Waals surface area (Å²) in [5.41, 5.74) is 10.5. The van der Waals surface area contributed by atoms with Gasteiger partial charge in [0.25, 0.3) is 0 Å². The average Bonchev–Trinajstić information content (AvgIpc) is 3.02. The van der Waals surface area contributed by atoms with Crippen molar-refractivity contribution in [3.05, 3.63) is 54.2 Å². The van der Waals surface area contributed by atoms with Gasteiger partial charge in [0.15, 0.2) is 5.17 Å². The Bertz CT molecular complexity index is 1030. The molecule has 0 aliphatic carbocycles. The van der Waals surface area contributed by atoms with Crippen LogP contribution < -0.4 is 10.5 Å². The lowest BCUT2D eigenvalue weighted by Gasteiger charge is -2.36. The third-order valence-corrected chi connectivity index (χ3v) is 6.67. The summed E-state index contributed by atoms with van der Waals surface area (Å²) in [4.78, 5) is 8.26. The molecule has 0 saturated carbocycles. The number of fused-ring (bicyclic) bond motifs is 4. The van der Waals surface area contributed by atoms with Crippen LogP contribution in [-0.4, -0.2) is 22.5 Å². The fraction of sp³-hybridized carbons (Fsp3) is 0.286. The highest BCUT2D eigenvalue weighted by molar-refractivity contribution is 8.13. The summed E-state index contributed by atoms with van der Waals surface area (Å²) in [6.07, 6.45) is 3.08. The molecule has 0 fully saturated rings. The number of thioether (sulfide) groups is 1. The van der Waals surface area contributed by atoms with Crippen molar-refractivity contribution in [3.63, 3.8) is 0 Å². The van der Waals surface area contributed by atoms with E-state index in [9.17, 15) is 0 Å². The lowest BCUT2D eigenvalue weighted by atomic mass is 9.78. The number of aliphatic imine (C=N–C) groups is 1. The highest BCUT2D eigenvalue weighted by atomic mass is 32.2. The summed E-state index contributed by atoms with van der Waals surface area (Å²) in [7, 11) is 0. The standard InChI is InChI=1S/C21H21N3OS/c1-21-14(12-26-20(22)24-21)8-9-25-19-7-6-13(10-17(19)21)16-11-23-18-5-3-2-4-15(16)18/h2-7,10-11,14,23H,8-9,12H2,1H3,(H2,22,24)/t14-,21+/m1/s1. The van der Waals surface area contributed by atoms with Gasteiger partial charge in [-0.15, -0.1) is 0 Å². The Kier molecular flexibility index (Phi) is 3.54. The predicted molar refractivity (Wildman–Crippen MR) is 109 cm³/mol. The quantitative estimate of drug-likeness (QED) is 0.668. The van der Waals surface area contributed by atoms with E-state index in [0.717, 1.165) is 35.6 Å². The number of nitrogens with one attached hydrogen (secondary N) is 1. The SMILES string of the molecule is C[C@]12N=C(N)SC[C@H]1CCOc1ccc(-c3c[nH]c4ccccc34)cc12. The van der Waals surface area contributed by atoms with Crippen molar-refractivity contribution in [2.75, 3.05) is 12.4 Å². The molecule has 4 nitrogen and oxygen atoms in total. The molecule has 0 unspecified atom stereocenters. The van der Waals surface area contributed by atoms with Gasteiger partial charge in [-0.05, 0) is 37.1 Å². The Morgan fingerprint density at radius 3 is 3.08 bits per heavy atom. The summed E-state index contributed by atoms with van der Waals surface area (Å²) in [5, 5.41) is 1.90. The number of aromatic amines is 1. The number of nitrogens with zero attached hydrogens (tertiary/aromatic N) is 1. The largest absolute Gasteiger partial charge is 0.493 e. The third-order valence-electron chi connectivity index (χ3n) is 5.72. The number of amidine groups is 1. The van der Waals surface area contributed by atoms with E-state index in [1.54, 1.807) is 11.8 Å². The zero-order chi connectivity index (χ0) is 17.7. The average molecular weight is 363 g/mol. The van der Waals surface area contributed by atoms with E-state index in [-0.39, 0.29) is 5.54 Å². The number of benzene rings is 2. The van der Waals surface area contributed by atoms with Crippen LogP contribution >= 0.6 is 11.8 Å². The highest BCUT2D eigenvalue weighted by Crippen LogP contribution is 2.48. The third kappa shape index (κ3) is 2.34. The molecule has 3 heterocycles. The fourth-order valence-electron chi connectivity index (χ4n) is 4.19. The molecule has 26 heavy (non-hydrogen) atoms. The topological polar surface area (TPSA) is 63.4 Å². The molecule has 0 bridgehead atoms. The van der Waals surface area contributed by atoms with E-state index in [2.05, 4.69) is 60.6 Å². The van der Waals surface area contributed by atoms with Gasteiger partial charge < -0.3 is 15.5 Å². The van der Waals surface area contributed by atoms with Gasteiger partial charge >= 0.3 is 0 Å². The molecule has 2 aliphatic heterocycles. The Hall–Kier alpha value is -2.40. The molecule has 2 aromatic carbocycles. The van der Waals surface area contributed by atoms with Gasteiger partial charge in [0.05, 0.1) is 12.1 Å². The van der Waals surface area contributed by atoms with Crippen LogP contribution in [0.3, 0.4) is 0 Å². The van der Waals surface area contributed by atoms with E-state index in [0.29, 0.717) is 11.1 Å². The number of ether oxygens (including phenoxy) is 1. The number of para-hydroxylation sites is 1. The first-order valence-corrected chi connectivity index (χ1v) is 9.95. The maximum Gasteiger partial charge on any atom is 0.154 e. The number of aromatic nitrogens is 1. The normalized spacial score (nSPS) is 25.0. The van der Waals surface area contributed by atoms with Crippen LogP contribution in [0.2, 0.25) is 0 Å². The smallest absolute Gasteiger partial charge is 0.154 e. The molecule has 0 saturated heterocycles. The van der Waals surface area contributed by atoms with Gasteiger partial charge in [-0.2, -0.15) is 0 Å². The number of rotatable bonds is 1. The molecular formula is C21H21N3OS. The van der Waals surface area contributed by atoms with Crippen LogP contribution in [0.15, 0.2) is 53.7 Å². The van der Waals surface area contributed by atoms with E-state index in [1.165, 1.54) is 16.5 Å². The van der Waals surface area contributed by atoms with E-state index < -0.39 is 0 Å². The first kappa shape index (κ1) is 15.8. The van der Waals surface area contributed by atoms with Crippen molar-refractivity contribution < 1.29 is 4.74 Å². The van der Waals surface area contributed by atoms with Gasteiger partial charge in [-0.25, -0.2) is 0 Å². The summed E-state index contributed by atoms with van der Waals surface area (Å²) in [6, 6.07) is 14.9. The number of hydrogen-bond acceptors (Lipinski definition) is 4. The Morgan fingerprint density at radius 1 is 1.27 bits per heavy atom. The minimum atomic E-state index is -0.330. The first-order valence-electron chi connectivity index (χ1n) is 8.97. The minimum Gasteiger partial charge on any atom is -0.493 e. The minimum absolute atomic E-state index is 0.330. The molecule has 0 radical (unpaired) electrons. The molecular weight excluding hydrogens is 342 g/mol. The number of nitrogens with two attached hydrogens (primary N) is 1. The Balaban J connectivity index is 1.71. The Morgan fingerprint density at radius 2 is 2.15 bits per heavy atom. The fourth-order valence-corrected chi connectivity index (χ4v) is 5.30. The molecule has 1 aromatic heterocycles. The van der Waals surface area contributed by atoms with Crippen LogP contribution in [0, 0.1) is 5.92 Å². The van der Waals surface area contributed by atoms with E-state index >= 15 is 0 Å². The zero-order valence-corrected chi connectivity index (χ0v) is 15.5. The van der Waals surface area contributed by atoms with Crippen molar-refractivity contribution in [2.24, 2.45) is 16.6 Å². The van der Waals surface area contributed by atoms with Crippen LogP contribution in [0.25, 0.3) is 22.0 Å². The second kappa shape index (κ2) is 5.81. The monoisotopic (exact) mass is 363 g/mol. The number of hydrogen-bond donors (Lipinski definition) is 2. The second-order valence-corrected chi connectivity index (χ2v) is 8.24. The van der Waals surface area contributed by atoms with Crippen LogP contribution in [-0.2, 0) is 5.54 Å². The van der Waals surface area contributed by atoms with Crippen molar-refractivity contribution in [3.8, 4) is 16.9 Å². The molecule has 5 heteroatoms. The summed E-state index contributed by atoms with van der Waals surface area (Å²) in [6.45, 7) is 2.94. The molecule has 2 aliphatic rings. The van der Waals surface area contributed by atoms with Gasteiger partial charge in [0.1, 0.15) is 5.75 Å². The molecule has 3 aromatic rings. The summed E-state index contributed by atoms with van der Waals surface area (Å²) < 4.78 is 6.07. The molecule has 3 N–H and O–H groups in total. The van der Waals surface area contributed by atoms with Gasteiger partial charge in [0, 0.05) is 39.9 Å². The van der Waals surface area contributed by atoms with E-state index in [1.807, 2.05) is 0 Å². The van der Waals surface area contributed by atoms with Gasteiger partial charge in [-0.3, -0.25) is 4.99 Å². The number of H-pyrrole nitrogens is 1. The molecule has 132 valence electrons. The molecule has 2 atom stereocenters. The molecule has 5 rings (SSSR count). The van der Waals surface area contributed by atoms with E-state index in [4.69, 9.17) is 15.5 Å². The van der Waals surface area contributed by atoms with Crippen LogP contribution in [0.5, 0.6) is 5.75 Å². The summed E-state index contributed by atoms with van der Waals surface area (Å²) >= 11 is 1.66. The van der Waals surface area contributed by atoms with Crippen LogP contribution in [0.4, 0.5) is 0 Å². The predicted octanol–water partition coefficient (Wildman–Crippen LogP) is 4.51. The zero-order valence-electron chi connectivity index (χ0n) is 14.7.